The molecule has 0 fully saturated rings. The van der Waals surface area contributed by atoms with Crippen molar-refractivity contribution in [2.45, 2.75) is 72.6 Å². The summed E-state index contributed by atoms with van der Waals surface area (Å²) in [4.78, 5) is 0. The van der Waals surface area contributed by atoms with E-state index in [0.29, 0.717) is 11.8 Å². The van der Waals surface area contributed by atoms with Gasteiger partial charge in [0, 0.05) is 0 Å². The Bertz CT molecular complexity index is 652. The molecule has 0 unspecified atom stereocenters. The van der Waals surface area contributed by atoms with Crippen molar-refractivity contribution >= 4 is 10.8 Å². The molecule has 0 aliphatic heterocycles. The molecule has 0 aromatic heterocycles. The number of fused-ring (bicyclic) bond motifs is 1. The minimum absolute atomic E-state index is 0.178. The highest BCUT2D eigenvalue weighted by atomic mass is 14.3. The molecule has 0 spiro atoms. The maximum absolute atomic E-state index is 2.45. The number of hydrogen-bond donors (Lipinski definition) is 0. The molecule has 2 aromatic carbocycles. The summed E-state index contributed by atoms with van der Waals surface area (Å²) >= 11 is 0. The second-order valence-corrected chi connectivity index (χ2v) is 7.96. The van der Waals surface area contributed by atoms with Crippen LogP contribution in [0, 0.1) is 6.92 Å². The quantitative estimate of drug-likeness (QED) is 0.575. The lowest BCUT2D eigenvalue weighted by Gasteiger charge is -2.26. The van der Waals surface area contributed by atoms with Gasteiger partial charge in [-0.15, -0.1) is 0 Å². The summed E-state index contributed by atoms with van der Waals surface area (Å²) in [6.45, 7) is 18.5. The van der Waals surface area contributed by atoms with E-state index in [9.17, 15) is 0 Å². The Balaban J connectivity index is 2.97. The fourth-order valence-corrected chi connectivity index (χ4v) is 3.57. The van der Waals surface area contributed by atoms with Gasteiger partial charge >= 0.3 is 0 Å². The predicted molar refractivity (Wildman–Crippen MR) is 95.6 cm³/mol. The Morgan fingerprint density at radius 1 is 0.857 bits per heavy atom. The van der Waals surface area contributed by atoms with Crippen LogP contribution < -0.4 is 0 Å². The van der Waals surface area contributed by atoms with Crippen molar-refractivity contribution < 1.29 is 0 Å². The fourth-order valence-electron chi connectivity index (χ4n) is 3.57. The molecule has 2 rings (SSSR count). The topological polar surface area (TPSA) is 0 Å². The molecule has 2 aromatic rings. The Morgan fingerprint density at radius 2 is 1.48 bits per heavy atom. The van der Waals surface area contributed by atoms with Gasteiger partial charge in [-0.25, -0.2) is 0 Å². The Kier molecular flexibility index (Phi) is 4.19. The molecule has 21 heavy (non-hydrogen) atoms. The van der Waals surface area contributed by atoms with E-state index in [2.05, 4.69) is 79.7 Å². The SMILES string of the molecule is Cc1c(C(C)C)cc2c(C(C)(C)C)cccc2c1C(C)C. The zero-order chi connectivity index (χ0) is 15.9. The van der Waals surface area contributed by atoms with E-state index in [-0.39, 0.29) is 5.41 Å². The molecule has 0 atom stereocenters. The lowest BCUT2D eigenvalue weighted by molar-refractivity contribution is 0.595. The summed E-state index contributed by atoms with van der Waals surface area (Å²) in [7, 11) is 0. The minimum Gasteiger partial charge on any atom is -0.0613 e. The van der Waals surface area contributed by atoms with Crippen LogP contribution in [0.4, 0.5) is 0 Å². The molecule has 0 heteroatoms. The molecule has 0 N–H and O–H groups in total. The van der Waals surface area contributed by atoms with Gasteiger partial charge in [0.05, 0.1) is 0 Å². The van der Waals surface area contributed by atoms with Crippen molar-refractivity contribution in [2.75, 3.05) is 0 Å². The third-order valence-electron chi connectivity index (χ3n) is 4.54. The molecule has 0 saturated heterocycles. The molecule has 0 aliphatic carbocycles. The van der Waals surface area contributed by atoms with Gasteiger partial charge in [0.15, 0.2) is 0 Å². The Labute approximate surface area is 130 Å². The first-order valence-electron chi connectivity index (χ1n) is 8.21. The van der Waals surface area contributed by atoms with E-state index < -0.39 is 0 Å². The Morgan fingerprint density at radius 3 is 1.95 bits per heavy atom. The molecule has 0 saturated carbocycles. The third kappa shape index (κ3) is 2.86. The highest BCUT2D eigenvalue weighted by Crippen LogP contribution is 2.38. The van der Waals surface area contributed by atoms with E-state index in [1.807, 2.05) is 0 Å². The summed E-state index contributed by atoms with van der Waals surface area (Å²) in [5.74, 6) is 1.13. The Hall–Kier alpha value is -1.30. The maximum atomic E-state index is 2.45. The molecule has 0 amide bonds. The number of rotatable bonds is 2. The zero-order valence-electron chi connectivity index (χ0n) is 15.0. The first kappa shape index (κ1) is 16.1. The first-order chi connectivity index (χ1) is 9.64. The van der Waals surface area contributed by atoms with E-state index in [4.69, 9.17) is 0 Å². The van der Waals surface area contributed by atoms with Gasteiger partial charge in [0.1, 0.15) is 0 Å². The lowest BCUT2D eigenvalue weighted by atomic mass is 9.79. The highest BCUT2D eigenvalue weighted by molar-refractivity contribution is 5.91. The molecule has 0 aliphatic rings. The number of hydrogen-bond acceptors (Lipinski definition) is 0. The van der Waals surface area contributed by atoms with Crippen molar-refractivity contribution in [1.29, 1.82) is 0 Å². The van der Waals surface area contributed by atoms with Crippen LogP contribution in [0.3, 0.4) is 0 Å². The average molecular weight is 282 g/mol. The van der Waals surface area contributed by atoms with Crippen LogP contribution in [-0.4, -0.2) is 0 Å². The molecule has 114 valence electrons. The van der Waals surface area contributed by atoms with Gasteiger partial charge in [0.25, 0.3) is 0 Å². The molecule has 0 nitrogen and oxygen atoms in total. The van der Waals surface area contributed by atoms with E-state index in [1.165, 1.54) is 33.0 Å². The lowest BCUT2D eigenvalue weighted by Crippen LogP contribution is -2.12. The largest absolute Gasteiger partial charge is 0.0613 e. The average Bonchev–Trinajstić information content (AvgIpc) is 2.35. The van der Waals surface area contributed by atoms with Gasteiger partial charge in [-0.1, -0.05) is 72.7 Å². The summed E-state index contributed by atoms with van der Waals surface area (Å²) in [6.07, 6.45) is 0. The van der Waals surface area contributed by atoms with Crippen molar-refractivity contribution in [3.63, 3.8) is 0 Å². The zero-order valence-corrected chi connectivity index (χ0v) is 15.0. The van der Waals surface area contributed by atoms with Gasteiger partial charge in [-0.3, -0.25) is 0 Å². The van der Waals surface area contributed by atoms with Crippen LogP contribution in [0.2, 0.25) is 0 Å². The molecule has 0 bridgehead atoms. The van der Waals surface area contributed by atoms with Crippen LogP contribution >= 0.6 is 0 Å². The van der Waals surface area contributed by atoms with Crippen LogP contribution in [0.25, 0.3) is 10.8 Å². The van der Waals surface area contributed by atoms with Crippen molar-refractivity contribution in [3.8, 4) is 0 Å². The minimum atomic E-state index is 0.178. The van der Waals surface area contributed by atoms with Crippen LogP contribution in [0.5, 0.6) is 0 Å². The first-order valence-corrected chi connectivity index (χ1v) is 8.21. The van der Waals surface area contributed by atoms with Crippen molar-refractivity contribution in [2.24, 2.45) is 0 Å². The standard InChI is InChI=1S/C21H30/c1-13(2)17-12-18-16(20(14(3)4)15(17)5)10-9-11-19(18)21(6,7)8/h9-14H,1-8H3. The van der Waals surface area contributed by atoms with E-state index in [0.717, 1.165) is 0 Å². The van der Waals surface area contributed by atoms with Crippen LogP contribution in [0.1, 0.15) is 82.6 Å². The molecular weight excluding hydrogens is 252 g/mol. The van der Waals surface area contributed by atoms with Crippen LogP contribution in [0.15, 0.2) is 24.3 Å². The molecule has 0 heterocycles. The van der Waals surface area contributed by atoms with Gasteiger partial charge in [-0.05, 0) is 57.2 Å². The molecule has 0 radical (unpaired) electrons. The van der Waals surface area contributed by atoms with E-state index >= 15 is 0 Å². The van der Waals surface area contributed by atoms with Crippen molar-refractivity contribution in [3.05, 3.63) is 46.5 Å². The monoisotopic (exact) mass is 282 g/mol. The molecular formula is C21H30. The van der Waals surface area contributed by atoms with Gasteiger partial charge in [0.2, 0.25) is 0 Å². The van der Waals surface area contributed by atoms with Crippen molar-refractivity contribution in [1.82, 2.24) is 0 Å². The maximum Gasteiger partial charge on any atom is -0.0126 e. The third-order valence-corrected chi connectivity index (χ3v) is 4.54. The summed E-state index contributed by atoms with van der Waals surface area (Å²) in [5.41, 5.74) is 6.16. The second kappa shape index (κ2) is 5.48. The fraction of sp³-hybridized carbons (Fsp3) is 0.524. The van der Waals surface area contributed by atoms with Gasteiger partial charge < -0.3 is 0 Å². The summed E-state index contributed by atoms with van der Waals surface area (Å²) < 4.78 is 0. The second-order valence-electron chi connectivity index (χ2n) is 7.96. The van der Waals surface area contributed by atoms with Gasteiger partial charge in [-0.2, -0.15) is 0 Å². The predicted octanol–water partition coefficient (Wildman–Crippen LogP) is 6.69. The van der Waals surface area contributed by atoms with E-state index in [1.54, 1.807) is 0 Å². The van der Waals surface area contributed by atoms with Crippen LogP contribution in [-0.2, 0) is 5.41 Å². The summed E-state index contributed by atoms with van der Waals surface area (Å²) in [6, 6.07) is 9.27. The normalized spacial score (nSPS) is 12.7. The summed E-state index contributed by atoms with van der Waals surface area (Å²) in [5, 5.41) is 2.89. The highest BCUT2D eigenvalue weighted by Gasteiger charge is 2.21. The number of benzene rings is 2. The smallest absolute Gasteiger partial charge is 0.0126 e.